The minimum absolute atomic E-state index is 0.243. The first-order valence-electron chi connectivity index (χ1n) is 4.32. The van der Waals surface area contributed by atoms with Gasteiger partial charge in [-0.3, -0.25) is 15.6 Å². The molecule has 1 aromatic rings. The fourth-order valence-electron chi connectivity index (χ4n) is 1.35. The Labute approximate surface area is 82.5 Å². The van der Waals surface area contributed by atoms with Crippen molar-refractivity contribution in [3.63, 3.8) is 0 Å². The second kappa shape index (κ2) is 3.64. The van der Waals surface area contributed by atoms with E-state index in [1.807, 2.05) is 0 Å². The molecule has 6 heteroatoms. The molecule has 1 aliphatic heterocycles. The van der Waals surface area contributed by atoms with Crippen LogP contribution in [0.1, 0.15) is 0 Å². The van der Waals surface area contributed by atoms with Crippen molar-refractivity contribution in [2.45, 2.75) is 10.4 Å². The highest BCUT2D eigenvalue weighted by atomic mass is 32.2. The summed E-state index contributed by atoms with van der Waals surface area (Å²) in [6.07, 6.45) is 2.91. The summed E-state index contributed by atoms with van der Waals surface area (Å²) in [6.45, 7) is 1.34. The fraction of sp³-hybridized carbons (Fsp3) is 0.375. The average Bonchev–Trinajstić information content (AvgIpc) is 2.72. The van der Waals surface area contributed by atoms with E-state index in [0.29, 0.717) is 13.1 Å². The summed E-state index contributed by atoms with van der Waals surface area (Å²) in [7, 11) is -3.32. The van der Waals surface area contributed by atoms with Gasteiger partial charge in [0.15, 0.2) is 5.50 Å². The molecular weight excluding hydrogens is 202 g/mol. The van der Waals surface area contributed by atoms with E-state index in [1.54, 1.807) is 18.3 Å². The molecule has 0 aliphatic carbocycles. The van der Waals surface area contributed by atoms with Crippen LogP contribution in [0.4, 0.5) is 0 Å². The van der Waals surface area contributed by atoms with Gasteiger partial charge < -0.3 is 0 Å². The van der Waals surface area contributed by atoms with Crippen molar-refractivity contribution < 1.29 is 8.42 Å². The molecule has 0 aromatic carbocycles. The molecule has 1 aliphatic rings. The van der Waals surface area contributed by atoms with Crippen LogP contribution in [-0.4, -0.2) is 32.0 Å². The van der Waals surface area contributed by atoms with Gasteiger partial charge >= 0.3 is 0 Å². The number of nitrogens with one attached hydrogen (secondary N) is 2. The quantitative estimate of drug-likeness (QED) is 0.682. The summed E-state index contributed by atoms with van der Waals surface area (Å²) < 4.78 is 23.7. The van der Waals surface area contributed by atoms with Gasteiger partial charge in [0.25, 0.3) is 0 Å². The van der Waals surface area contributed by atoms with Crippen LogP contribution >= 0.6 is 0 Å². The maximum atomic E-state index is 11.9. The predicted octanol–water partition coefficient (Wildman–Crippen LogP) is -0.668. The third kappa shape index (κ3) is 1.63. The number of nitrogens with zero attached hydrogens (tertiary/aromatic N) is 1. The maximum absolute atomic E-state index is 11.9. The Morgan fingerprint density at radius 1 is 1.36 bits per heavy atom. The van der Waals surface area contributed by atoms with Gasteiger partial charge in [-0.2, -0.15) is 0 Å². The zero-order valence-electron chi connectivity index (χ0n) is 7.47. The first kappa shape index (κ1) is 9.57. The van der Waals surface area contributed by atoms with Gasteiger partial charge in [0, 0.05) is 25.5 Å². The average molecular weight is 213 g/mol. The van der Waals surface area contributed by atoms with Crippen molar-refractivity contribution in [3.05, 3.63) is 24.5 Å². The van der Waals surface area contributed by atoms with Crippen LogP contribution < -0.4 is 10.6 Å². The van der Waals surface area contributed by atoms with Crippen LogP contribution in [0, 0.1) is 0 Å². The fourth-order valence-corrected chi connectivity index (χ4v) is 2.77. The summed E-state index contributed by atoms with van der Waals surface area (Å²) in [6, 6.07) is 3.16. The number of sulfone groups is 1. The van der Waals surface area contributed by atoms with Crippen molar-refractivity contribution in [1.29, 1.82) is 0 Å². The monoisotopic (exact) mass is 213 g/mol. The zero-order chi connectivity index (χ0) is 10.0. The van der Waals surface area contributed by atoms with Gasteiger partial charge in [0.05, 0.1) is 4.90 Å². The number of rotatable bonds is 2. The molecule has 2 rings (SSSR count). The van der Waals surface area contributed by atoms with E-state index < -0.39 is 15.3 Å². The molecule has 0 spiro atoms. The number of aromatic nitrogens is 1. The minimum Gasteiger partial charge on any atom is -0.288 e. The Bertz CT molecular complexity index is 398. The minimum atomic E-state index is -3.32. The number of hydrogen-bond donors (Lipinski definition) is 2. The van der Waals surface area contributed by atoms with E-state index in [2.05, 4.69) is 15.6 Å². The smallest absolute Gasteiger partial charge is 0.209 e. The van der Waals surface area contributed by atoms with Crippen LogP contribution in [0.3, 0.4) is 0 Å². The Hall–Kier alpha value is -0.980. The molecule has 5 nitrogen and oxygen atoms in total. The van der Waals surface area contributed by atoms with E-state index in [-0.39, 0.29) is 4.90 Å². The first-order valence-corrected chi connectivity index (χ1v) is 5.86. The van der Waals surface area contributed by atoms with Crippen molar-refractivity contribution in [3.8, 4) is 0 Å². The van der Waals surface area contributed by atoms with Gasteiger partial charge in [0.2, 0.25) is 9.84 Å². The second-order valence-electron chi connectivity index (χ2n) is 3.02. The van der Waals surface area contributed by atoms with Crippen LogP contribution in [0.15, 0.2) is 29.4 Å². The number of pyridine rings is 1. The molecule has 0 saturated carbocycles. The summed E-state index contributed by atoms with van der Waals surface area (Å²) in [5.74, 6) is 0. The third-order valence-electron chi connectivity index (χ3n) is 2.06. The summed E-state index contributed by atoms with van der Waals surface area (Å²) in [5.41, 5.74) is -0.674. The second-order valence-corrected chi connectivity index (χ2v) is 5.05. The Kier molecular flexibility index (Phi) is 2.49. The lowest BCUT2D eigenvalue weighted by Crippen LogP contribution is -2.39. The summed E-state index contributed by atoms with van der Waals surface area (Å²) in [4.78, 5) is 4.03. The molecule has 76 valence electrons. The van der Waals surface area contributed by atoms with Crippen molar-refractivity contribution in [2.24, 2.45) is 0 Å². The molecule has 1 saturated heterocycles. The third-order valence-corrected chi connectivity index (χ3v) is 3.91. The maximum Gasteiger partial charge on any atom is 0.209 e. The Morgan fingerprint density at radius 3 is 2.64 bits per heavy atom. The SMILES string of the molecule is O=S(=O)(c1cccnc1)C1NCCN1. The normalized spacial score (nSPS) is 18.6. The largest absolute Gasteiger partial charge is 0.288 e. The number of hydrogen-bond acceptors (Lipinski definition) is 5. The summed E-state index contributed by atoms with van der Waals surface area (Å²) >= 11 is 0. The molecule has 0 atom stereocenters. The van der Waals surface area contributed by atoms with E-state index >= 15 is 0 Å². The summed E-state index contributed by atoms with van der Waals surface area (Å²) in [5, 5.41) is 5.74. The Morgan fingerprint density at radius 2 is 2.07 bits per heavy atom. The van der Waals surface area contributed by atoms with Gasteiger partial charge in [-0.25, -0.2) is 8.42 Å². The van der Waals surface area contributed by atoms with Crippen LogP contribution in [-0.2, 0) is 9.84 Å². The molecule has 2 heterocycles. The molecular formula is C8H11N3O2S. The highest BCUT2D eigenvalue weighted by Crippen LogP contribution is 2.12. The van der Waals surface area contributed by atoms with Crippen molar-refractivity contribution in [1.82, 2.24) is 15.6 Å². The molecule has 2 N–H and O–H groups in total. The van der Waals surface area contributed by atoms with E-state index in [1.165, 1.54) is 6.20 Å². The topological polar surface area (TPSA) is 71.1 Å². The molecule has 1 fully saturated rings. The van der Waals surface area contributed by atoms with E-state index in [9.17, 15) is 8.42 Å². The standard InChI is InChI=1S/C8H11N3O2S/c12-14(13,8-10-4-5-11-8)7-2-1-3-9-6-7/h1-3,6,8,10-11H,4-5H2. The zero-order valence-corrected chi connectivity index (χ0v) is 8.29. The van der Waals surface area contributed by atoms with Crippen LogP contribution in [0.25, 0.3) is 0 Å². The molecule has 0 amide bonds. The molecule has 1 aromatic heterocycles. The lowest BCUT2D eigenvalue weighted by atomic mass is 10.5. The van der Waals surface area contributed by atoms with Gasteiger partial charge in [-0.05, 0) is 12.1 Å². The highest BCUT2D eigenvalue weighted by Gasteiger charge is 2.29. The lowest BCUT2D eigenvalue weighted by molar-refractivity contribution is 0.560. The van der Waals surface area contributed by atoms with Gasteiger partial charge in [-0.1, -0.05) is 0 Å². The van der Waals surface area contributed by atoms with Crippen LogP contribution in [0.2, 0.25) is 0 Å². The molecule has 0 unspecified atom stereocenters. The van der Waals surface area contributed by atoms with Crippen LogP contribution in [0.5, 0.6) is 0 Å². The predicted molar refractivity (Wildman–Crippen MR) is 51.2 cm³/mol. The first-order chi connectivity index (χ1) is 6.71. The van der Waals surface area contributed by atoms with E-state index in [0.717, 1.165) is 0 Å². The van der Waals surface area contributed by atoms with Crippen molar-refractivity contribution >= 4 is 9.84 Å². The van der Waals surface area contributed by atoms with Crippen molar-refractivity contribution in [2.75, 3.05) is 13.1 Å². The molecule has 14 heavy (non-hydrogen) atoms. The molecule has 0 bridgehead atoms. The lowest BCUT2D eigenvalue weighted by Gasteiger charge is -2.11. The van der Waals surface area contributed by atoms with E-state index in [4.69, 9.17) is 0 Å². The Balaban J connectivity index is 2.33. The van der Waals surface area contributed by atoms with Gasteiger partial charge in [-0.15, -0.1) is 0 Å². The highest BCUT2D eigenvalue weighted by molar-refractivity contribution is 7.92. The van der Waals surface area contributed by atoms with Gasteiger partial charge in [0.1, 0.15) is 0 Å². The molecule has 0 radical (unpaired) electrons.